The molecular formula is C24H46N2O2. The summed E-state index contributed by atoms with van der Waals surface area (Å²) in [5, 5.41) is 6.43. The van der Waals surface area contributed by atoms with E-state index in [1.54, 1.807) is 0 Å². The highest BCUT2D eigenvalue weighted by atomic mass is 16.2. The normalized spacial score (nSPS) is 19.4. The van der Waals surface area contributed by atoms with Gasteiger partial charge in [0.1, 0.15) is 0 Å². The summed E-state index contributed by atoms with van der Waals surface area (Å²) in [7, 11) is 0. The van der Waals surface area contributed by atoms with Gasteiger partial charge < -0.3 is 10.6 Å². The van der Waals surface area contributed by atoms with Crippen molar-refractivity contribution in [1.82, 2.24) is 10.6 Å². The zero-order valence-corrected chi connectivity index (χ0v) is 18.7. The van der Waals surface area contributed by atoms with Crippen molar-refractivity contribution < 1.29 is 9.59 Å². The smallest absolute Gasteiger partial charge is 0.220 e. The van der Waals surface area contributed by atoms with E-state index in [0.717, 1.165) is 51.4 Å². The van der Waals surface area contributed by atoms with Crippen LogP contribution < -0.4 is 10.6 Å². The molecule has 1 aliphatic rings. The Kier molecular flexibility index (Phi) is 15.0. The molecule has 0 aromatic rings. The Morgan fingerprint density at radius 3 is 1.36 bits per heavy atom. The van der Waals surface area contributed by atoms with E-state index in [0.29, 0.717) is 12.8 Å². The van der Waals surface area contributed by atoms with Crippen LogP contribution in [0.25, 0.3) is 0 Å². The minimum Gasteiger partial charge on any atom is -0.351 e. The van der Waals surface area contributed by atoms with Gasteiger partial charge in [-0.2, -0.15) is 0 Å². The number of hydrogen-bond donors (Lipinski definition) is 2. The lowest BCUT2D eigenvalue weighted by Gasteiger charge is -2.33. The molecule has 0 unspecified atom stereocenters. The number of unbranched alkanes of at least 4 members (excludes halogenated alkanes) is 10. The third-order valence-corrected chi connectivity index (χ3v) is 5.97. The first-order chi connectivity index (χ1) is 13.7. The van der Waals surface area contributed by atoms with Crippen LogP contribution in [0.15, 0.2) is 0 Å². The first-order valence-electron chi connectivity index (χ1n) is 12.3. The Balaban J connectivity index is 2.21. The highest BCUT2D eigenvalue weighted by molar-refractivity contribution is 5.77. The van der Waals surface area contributed by atoms with E-state index >= 15 is 0 Å². The molecule has 1 rings (SSSR count). The van der Waals surface area contributed by atoms with Crippen LogP contribution in [-0.2, 0) is 9.59 Å². The SMILES string of the molecule is CCCCCCCCC(=O)N[C@H]1CCCC[C@@H]1NC(=O)CCCCCCCC. The van der Waals surface area contributed by atoms with Crippen molar-refractivity contribution in [3.63, 3.8) is 0 Å². The van der Waals surface area contributed by atoms with E-state index in [4.69, 9.17) is 0 Å². The van der Waals surface area contributed by atoms with E-state index in [1.807, 2.05) is 0 Å². The maximum atomic E-state index is 12.3. The van der Waals surface area contributed by atoms with Crippen molar-refractivity contribution in [1.29, 1.82) is 0 Å². The summed E-state index contributed by atoms with van der Waals surface area (Å²) >= 11 is 0. The van der Waals surface area contributed by atoms with Gasteiger partial charge in [0, 0.05) is 24.9 Å². The van der Waals surface area contributed by atoms with E-state index in [1.165, 1.54) is 51.4 Å². The number of rotatable bonds is 16. The van der Waals surface area contributed by atoms with Crippen molar-refractivity contribution in [3.8, 4) is 0 Å². The van der Waals surface area contributed by atoms with Gasteiger partial charge in [-0.15, -0.1) is 0 Å². The fourth-order valence-electron chi connectivity index (χ4n) is 4.17. The average molecular weight is 395 g/mol. The standard InChI is InChI=1S/C24H46N2O2/c1-3-5-7-9-11-13-19-23(27)25-21-17-15-16-18-22(21)26-24(28)20-14-12-10-8-6-4-2/h21-22H,3-20H2,1-2H3,(H,25,27)(H,26,28)/t21-,22-/m0/s1. The summed E-state index contributed by atoms with van der Waals surface area (Å²) in [5.74, 6) is 0.329. The Bertz CT molecular complexity index is 373. The van der Waals surface area contributed by atoms with Crippen LogP contribution in [0.2, 0.25) is 0 Å². The average Bonchev–Trinajstić information content (AvgIpc) is 2.69. The number of nitrogens with one attached hydrogen (secondary N) is 2. The first kappa shape index (κ1) is 25.0. The first-order valence-corrected chi connectivity index (χ1v) is 12.3. The molecule has 0 aromatic heterocycles. The number of amides is 2. The van der Waals surface area contributed by atoms with Crippen molar-refractivity contribution in [2.24, 2.45) is 0 Å². The fraction of sp³-hybridized carbons (Fsp3) is 0.917. The van der Waals surface area contributed by atoms with E-state index in [-0.39, 0.29) is 23.9 Å². The maximum Gasteiger partial charge on any atom is 0.220 e. The van der Waals surface area contributed by atoms with Gasteiger partial charge in [0.05, 0.1) is 0 Å². The van der Waals surface area contributed by atoms with Gasteiger partial charge in [-0.3, -0.25) is 9.59 Å². The molecule has 0 radical (unpaired) electrons. The second-order valence-corrected chi connectivity index (χ2v) is 8.67. The lowest BCUT2D eigenvalue weighted by molar-refractivity contribution is -0.125. The second-order valence-electron chi connectivity index (χ2n) is 8.67. The van der Waals surface area contributed by atoms with E-state index in [9.17, 15) is 9.59 Å². The summed E-state index contributed by atoms with van der Waals surface area (Å²) in [6.07, 6.45) is 19.9. The van der Waals surface area contributed by atoms with Crippen LogP contribution in [0.1, 0.15) is 129 Å². The van der Waals surface area contributed by atoms with Gasteiger partial charge in [0.2, 0.25) is 11.8 Å². The van der Waals surface area contributed by atoms with Crippen molar-refractivity contribution in [2.45, 2.75) is 142 Å². The van der Waals surface area contributed by atoms with Gasteiger partial charge in [-0.1, -0.05) is 90.9 Å². The molecule has 164 valence electrons. The number of hydrogen-bond acceptors (Lipinski definition) is 2. The zero-order chi connectivity index (χ0) is 20.5. The van der Waals surface area contributed by atoms with Crippen molar-refractivity contribution >= 4 is 11.8 Å². The molecule has 0 aromatic carbocycles. The molecule has 4 heteroatoms. The second kappa shape index (κ2) is 16.9. The summed E-state index contributed by atoms with van der Waals surface area (Å²) in [6.45, 7) is 4.45. The number of carbonyl (C=O) groups excluding carboxylic acids is 2. The summed E-state index contributed by atoms with van der Waals surface area (Å²) < 4.78 is 0. The predicted octanol–water partition coefficient (Wildman–Crippen LogP) is 6.03. The van der Waals surface area contributed by atoms with Crippen LogP contribution in [0.3, 0.4) is 0 Å². The van der Waals surface area contributed by atoms with E-state index < -0.39 is 0 Å². The molecule has 1 saturated carbocycles. The summed E-state index contributed by atoms with van der Waals surface area (Å²) in [4.78, 5) is 24.6. The Hall–Kier alpha value is -1.06. The van der Waals surface area contributed by atoms with Gasteiger partial charge in [0.25, 0.3) is 0 Å². The largest absolute Gasteiger partial charge is 0.351 e. The molecule has 4 nitrogen and oxygen atoms in total. The van der Waals surface area contributed by atoms with Gasteiger partial charge in [0.15, 0.2) is 0 Å². The molecule has 0 aliphatic heterocycles. The van der Waals surface area contributed by atoms with Crippen molar-refractivity contribution in [2.75, 3.05) is 0 Å². The topological polar surface area (TPSA) is 58.2 Å². The minimum absolute atomic E-state index is 0.120. The molecule has 0 spiro atoms. The van der Waals surface area contributed by atoms with Gasteiger partial charge in [-0.25, -0.2) is 0 Å². The maximum absolute atomic E-state index is 12.3. The highest BCUT2D eigenvalue weighted by Crippen LogP contribution is 2.19. The van der Waals surface area contributed by atoms with Gasteiger partial charge >= 0.3 is 0 Å². The predicted molar refractivity (Wildman–Crippen MR) is 118 cm³/mol. The van der Waals surface area contributed by atoms with Gasteiger partial charge in [-0.05, 0) is 25.7 Å². The van der Waals surface area contributed by atoms with Crippen LogP contribution >= 0.6 is 0 Å². The Labute approximate surface area is 174 Å². The lowest BCUT2D eigenvalue weighted by Crippen LogP contribution is -2.53. The summed E-state index contributed by atoms with van der Waals surface area (Å²) in [5.41, 5.74) is 0. The van der Waals surface area contributed by atoms with Crippen LogP contribution in [0, 0.1) is 0 Å². The molecule has 0 bridgehead atoms. The van der Waals surface area contributed by atoms with Crippen molar-refractivity contribution in [3.05, 3.63) is 0 Å². The fourth-order valence-corrected chi connectivity index (χ4v) is 4.17. The molecule has 2 N–H and O–H groups in total. The molecule has 0 heterocycles. The molecule has 2 amide bonds. The minimum atomic E-state index is 0.120. The molecule has 1 aliphatic carbocycles. The number of carbonyl (C=O) groups is 2. The molecule has 0 saturated heterocycles. The molecular weight excluding hydrogens is 348 g/mol. The summed E-state index contributed by atoms with van der Waals surface area (Å²) in [6, 6.07) is 0.240. The van der Waals surface area contributed by atoms with Crippen LogP contribution in [-0.4, -0.2) is 23.9 Å². The van der Waals surface area contributed by atoms with Crippen LogP contribution in [0.4, 0.5) is 0 Å². The third-order valence-electron chi connectivity index (χ3n) is 5.97. The monoisotopic (exact) mass is 394 g/mol. The van der Waals surface area contributed by atoms with E-state index in [2.05, 4.69) is 24.5 Å². The van der Waals surface area contributed by atoms with Crippen LogP contribution in [0.5, 0.6) is 0 Å². The Morgan fingerprint density at radius 2 is 0.964 bits per heavy atom. The molecule has 2 atom stereocenters. The zero-order valence-electron chi connectivity index (χ0n) is 18.7. The Morgan fingerprint density at radius 1 is 0.607 bits per heavy atom. The highest BCUT2D eigenvalue weighted by Gasteiger charge is 2.27. The third kappa shape index (κ3) is 12.4. The molecule has 28 heavy (non-hydrogen) atoms. The molecule has 1 fully saturated rings. The lowest BCUT2D eigenvalue weighted by atomic mass is 9.90. The quantitative estimate of drug-likeness (QED) is 0.314.